The molecule has 0 spiro atoms. The zero-order valence-corrected chi connectivity index (χ0v) is 15.8. The topological polar surface area (TPSA) is 36.4 Å². The van der Waals surface area contributed by atoms with Gasteiger partial charge in [0.15, 0.2) is 0 Å². The molecule has 0 N–H and O–H groups in total. The number of allylic oxidation sites excluding steroid dienone is 1. The molecule has 2 aromatic rings. The molecule has 2 aliphatic carbocycles. The Morgan fingerprint density at radius 3 is 2.48 bits per heavy atom. The number of nitrogens with zero attached hydrogens (tertiary/aromatic N) is 3. The van der Waals surface area contributed by atoms with Crippen LogP contribution in [-0.2, 0) is 11.2 Å². The number of fused-ring (bicyclic) bond motifs is 1. The van der Waals surface area contributed by atoms with Crippen molar-refractivity contribution >= 4 is 23.2 Å². The maximum atomic E-state index is 12.3. The van der Waals surface area contributed by atoms with E-state index in [2.05, 4.69) is 58.1 Å². The summed E-state index contributed by atoms with van der Waals surface area (Å²) < 4.78 is 0. The number of pyridine rings is 1. The molecule has 2 fully saturated rings. The minimum absolute atomic E-state index is 0.321. The van der Waals surface area contributed by atoms with Crippen molar-refractivity contribution < 1.29 is 4.79 Å². The van der Waals surface area contributed by atoms with Crippen molar-refractivity contribution in [2.75, 3.05) is 31.1 Å². The van der Waals surface area contributed by atoms with E-state index in [1.165, 1.54) is 33.6 Å². The van der Waals surface area contributed by atoms with Crippen LogP contribution in [0.1, 0.15) is 35.2 Å². The summed E-state index contributed by atoms with van der Waals surface area (Å²) in [6.07, 6.45) is 7.31. The zero-order chi connectivity index (χ0) is 18.4. The lowest BCUT2D eigenvalue weighted by molar-refractivity contribution is -0.132. The van der Waals surface area contributed by atoms with Gasteiger partial charge >= 0.3 is 0 Å². The van der Waals surface area contributed by atoms with Crippen molar-refractivity contribution in [3.05, 3.63) is 58.9 Å². The fourth-order valence-electron chi connectivity index (χ4n) is 4.19. The summed E-state index contributed by atoms with van der Waals surface area (Å²) in [5.41, 5.74) is 7.60. The monoisotopic (exact) mass is 359 g/mol. The number of carbonyl (C=O) groups is 1. The minimum atomic E-state index is 0.321. The Kier molecular flexibility index (Phi) is 4.00. The van der Waals surface area contributed by atoms with Gasteiger partial charge in [-0.05, 0) is 43.0 Å². The molecule has 0 atom stereocenters. The van der Waals surface area contributed by atoms with Crippen LogP contribution in [0, 0.1) is 12.8 Å². The summed E-state index contributed by atoms with van der Waals surface area (Å²) in [5.74, 6) is 0.692. The molecule has 1 aromatic carbocycles. The second kappa shape index (κ2) is 6.52. The van der Waals surface area contributed by atoms with E-state index in [1.807, 2.05) is 6.20 Å². The molecule has 0 bridgehead atoms. The van der Waals surface area contributed by atoms with E-state index >= 15 is 0 Å². The van der Waals surface area contributed by atoms with Crippen molar-refractivity contribution in [2.45, 2.75) is 26.2 Å². The van der Waals surface area contributed by atoms with Crippen LogP contribution in [0.2, 0.25) is 0 Å². The predicted molar refractivity (Wildman–Crippen MR) is 109 cm³/mol. The first-order chi connectivity index (χ1) is 13.2. The molecule has 1 saturated carbocycles. The third-order valence-corrected chi connectivity index (χ3v) is 6.01. The highest BCUT2D eigenvalue weighted by Gasteiger charge is 2.35. The normalized spacial score (nSPS) is 19.1. The average molecular weight is 359 g/mol. The second-order valence-corrected chi connectivity index (χ2v) is 7.99. The number of anilines is 1. The third kappa shape index (κ3) is 3.14. The van der Waals surface area contributed by atoms with Gasteiger partial charge in [0.2, 0.25) is 5.91 Å². The Bertz CT molecular complexity index is 904. The van der Waals surface area contributed by atoms with Gasteiger partial charge in [0.05, 0.1) is 5.69 Å². The van der Waals surface area contributed by atoms with Crippen molar-refractivity contribution in [2.24, 2.45) is 5.92 Å². The maximum Gasteiger partial charge on any atom is 0.225 e. The van der Waals surface area contributed by atoms with Crippen LogP contribution >= 0.6 is 0 Å². The van der Waals surface area contributed by atoms with Crippen LogP contribution in [0.3, 0.4) is 0 Å². The molecule has 4 heteroatoms. The molecule has 138 valence electrons. The number of aromatic nitrogens is 1. The van der Waals surface area contributed by atoms with Gasteiger partial charge in [-0.15, -0.1) is 0 Å². The van der Waals surface area contributed by atoms with Crippen molar-refractivity contribution in [1.29, 1.82) is 0 Å². The summed E-state index contributed by atoms with van der Waals surface area (Å²) in [4.78, 5) is 21.4. The Balaban J connectivity index is 1.36. The van der Waals surface area contributed by atoms with Crippen LogP contribution in [0.4, 0.5) is 5.69 Å². The van der Waals surface area contributed by atoms with Crippen molar-refractivity contribution in [3.8, 4) is 0 Å². The first kappa shape index (κ1) is 16.5. The van der Waals surface area contributed by atoms with Crippen LogP contribution < -0.4 is 4.90 Å². The Morgan fingerprint density at radius 2 is 1.78 bits per heavy atom. The molecule has 1 amide bonds. The number of carbonyl (C=O) groups excluding carboxylic acids is 1. The Hall–Kier alpha value is -2.62. The van der Waals surface area contributed by atoms with E-state index in [-0.39, 0.29) is 0 Å². The van der Waals surface area contributed by atoms with Gasteiger partial charge in [-0.1, -0.05) is 29.8 Å². The van der Waals surface area contributed by atoms with Crippen LogP contribution in [-0.4, -0.2) is 42.0 Å². The number of amides is 1. The van der Waals surface area contributed by atoms with Crippen LogP contribution in [0.25, 0.3) is 11.6 Å². The highest BCUT2D eigenvalue weighted by atomic mass is 16.2. The molecule has 3 aliphatic rings. The fourth-order valence-corrected chi connectivity index (χ4v) is 4.19. The van der Waals surface area contributed by atoms with Crippen LogP contribution in [0.5, 0.6) is 0 Å². The molecule has 1 saturated heterocycles. The predicted octanol–water partition coefficient (Wildman–Crippen LogP) is 3.55. The zero-order valence-electron chi connectivity index (χ0n) is 15.8. The van der Waals surface area contributed by atoms with E-state index in [4.69, 9.17) is 0 Å². The highest BCUT2D eigenvalue weighted by Crippen LogP contribution is 2.37. The second-order valence-electron chi connectivity index (χ2n) is 7.99. The molecule has 1 aliphatic heterocycles. The molecule has 5 rings (SSSR count). The Morgan fingerprint density at radius 1 is 1.04 bits per heavy atom. The number of aryl methyl sites for hydroxylation is 1. The molecule has 2 heterocycles. The third-order valence-electron chi connectivity index (χ3n) is 6.01. The lowest BCUT2D eigenvalue weighted by Gasteiger charge is -2.37. The SMILES string of the molecule is Cc1ccc(C2=Cc3c(N4CCN(C(=O)C5CC5)CC4)ccnc3C2)cc1. The van der Waals surface area contributed by atoms with Gasteiger partial charge in [-0.3, -0.25) is 9.78 Å². The van der Waals surface area contributed by atoms with E-state index in [0.29, 0.717) is 11.8 Å². The van der Waals surface area contributed by atoms with E-state index in [0.717, 1.165) is 45.4 Å². The summed E-state index contributed by atoms with van der Waals surface area (Å²) in [6, 6.07) is 10.9. The standard InChI is InChI=1S/C23H25N3O/c1-16-2-4-17(5-3-16)19-14-20-21(15-19)24-9-8-22(20)25-10-12-26(13-11-25)23(27)18-6-7-18/h2-5,8-9,14,18H,6-7,10-13,15H2,1H3. The van der Waals surface area contributed by atoms with E-state index < -0.39 is 0 Å². The molecule has 27 heavy (non-hydrogen) atoms. The van der Waals surface area contributed by atoms with Gasteiger partial charge in [0.25, 0.3) is 0 Å². The average Bonchev–Trinajstić information content (AvgIpc) is 3.46. The van der Waals surface area contributed by atoms with Gasteiger partial charge in [0.1, 0.15) is 0 Å². The largest absolute Gasteiger partial charge is 0.367 e. The maximum absolute atomic E-state index is 12.3. The summed E-state index contributed by atoms with van der Waals surface area (Å²) in [7, 11) is 0. The van der Waals surface area contributed by atoms with Crippen molar-refractivity contribution in [3.63, 3.8) is 0 Å². The lowest BCUT2D eigenvalue weighted by atomic mass is 10.0. The molecule has 1 aromatic heterocycles. The molecule has 4 nitrogen and oxygen atoms in total. The van der Waals surface area contributed by atoms with Crippen LogP contribution in [0.15, 0.2) is 36.5 Å². The summed E-state index contributed by atoms with van der Waals surface area (Å²) in [5, 5.41) is 0. The summed E-state index contributed by atoms with van der Waals surface area (Å²) in [6.45, 7) is 5.60. The Labute approximate surface area is 160 Å². The number of rotatable bonds is 3. The highest BCUT2D eigenvalue weighted by molar-refractivity contribution is 5.92. The lowest BCUT2D eigenvalue weighted by Crippen LogP contribution is -2.49. The first-order valence-electron chi connectivity index (χ1n) is 9.98. The molecule has 0 unspecified atom stereocenters. The van der Waals surface area contributed by atoms with Gasteiger partial charge in [-0.2, -0.15) is 0 Å². The van der Waals surface area contributed by atoms with Gasteiger partial charge < -0.3 is 9.80 Å². The first-order valence-corrected chi connectivity index (χ1v) is 9.98. The number of hydrogen-bond donors (Lipinski definition) is 0. The van der Waals surface area contributed by atoms with E-state index in [1.54, 1.807) is 0 Å². The van der Waals surface area contributed by atoms with E-state index in [9.17, 15) is 4.79 Å². The fraction of sp³-hybridized carbons (Fsp3) is 0.391. The summed E-state index contributed by atoms with van der Waals surface area (Å²) >= 11 is 0. The minimum Gasteiger partial charge on any atom is -0.367 e. The quantitative estimate of drug-likeness (QED) is 0.841. The van der Waals surface area contributed by atoms with Crippen molar-refractivity contribution in [1.82, 2.24) is 9.88 Å². The number of piperazine rings is 1. The van der Waals surface area contributed by atoms with Gasteiger partial charge in [0, 0.05) is 56.0 Å². The number of hydrogen-bond acceptors (Lipinski definition) is 3. The smallest absolute Gasteiger partial charge is 0.225 e. The number of benzene rings is 1. The molecular formula is C23H25N3O. The molecule has 0 radical (unpaired) electrons. The molecular weight excluding hydrogens is 334 g/mol. The van der Waals surface area contributed by atoms with Gasteiger partial charge in [-0.25, -0.2) is 0 Å².